The third kappa shape index (κ3) is 4.36. The van der Waals surface area contributed by atoms with Gasteiger partial charge in [0.1, 0.15) is 0 Å². The second-order valence-electron chi connectivity index (χ2n) is 3.55. The average Bonchev–Trinajstić information content (AvgIpc) is 2.56. The quantitative estimate of drug-likeness (QED) is 0.601. The van der Waals surface area contributed by atoms with Crippen molar-refractivity contribution in [1.82, 2.24) is 9.62 Å². The molecule has 0 saturated carbocycles. The van der Waals surface area contributed by atoms with Gasteiger partial charge in [0, 0.05) is 19.6 Å². The van der Waals surface area contributed by atoms with Crippen LogP contribution in [-0.2, 0) is 10.0 Å². The maximum absolute atomic E-state index is 11.2. The molecule has 3 N–H and O–H groups in total. The first-order valence-electron chi connectivity index (χ1n) is 5.04. The van der Waals surface area contributed by atoms with Crippen molar-refractivity contribution in [2.75, 3.05) is 38.5 Å². The highest BCUT2D eigenvalue weighted by molar-refractivity contribution is 7.89. The number of nitrogens with one attached hydrogen (secondary N) is 1. The molecule has 14 heavy (non-hydrogen) atoms. The van der Waals surface area contributed by atoms with E-state index in [0.29, 0.717) is 6.54 Å². The van der Waals surface area contributed by atoms with Crippen molar-refractivity contribution in [2.24, 2.45) is 5.73 Å². The lowest BCUT2D eigenvalue weighted by atomic mass is 10.4. The molecule has 0 spiro atoms. The summed E-state index contributed by atoms with van der Waals surface area (Å²) in [5.41, 5.74) is 5.18. The third-order valence-corrected chi connectivity index (χ3v) is 3.75. The van der Waals surface area contributed by atoms with E-state index in [4.69, 9.17) is 5.73 Å². The van der Waals surface area contributed by atoms with Crippen LogP contribution < -0.4 is 10.5 Å². The summed E-state index contributed by atoms with van der Waals surface area (Å²) < 4.78 is 24.9. The number of hydrogen-bond donors (Lipinski definition) is 2. The SMILES string of the molecule is NCCS(=O)(=O)NCCN1CCCC1. The number of hydrogen-bond acceptors (Lipinski definition) is 4. The molecule has 0 aromatic heterocycles. The molecular weight excluding hydrogens is 202 g/mol. The molecule has 1 rings (SSSR count). The fourth-order valence-corrected chi connectivity index (χ4v) is 2.45. The minimum absolute atomic E-state index is 0.0208. The van der Waals surface area contributed by atoms with Gasteiger partial charge in [0.25, 0.3) is 0 Å². The summed E-state index contributed by atoms with van der Waals surface area (Å²) in [5, 5.41) is 0. The summed E-state index contributed by atoms with van der Waals surface area (Å²) in [7, 11) is -3.13. The summed E-state index contributed by atoms with van der Waals surface area (Å²) in [6.07, 6.45) is 2.46. The van der Waals surface area contributed by atoms with Gasteiger partial charge in [0.05, 0.1) is 5.75 Å². The van der Waals surface area contributed by atoms with Gasteiger partial charge in [-0.15, -0.1) is 0 Å². The van der Waals surface area contributed by atoms with Crippen LogP contribution in [-0.4, -0.2) is 51.8 Å². The van der Waals surface area contributed by atoms with E-state index in [9.17, 15) is 8.42 Å². The van der Waals surface area contributed by atoms with Crippen LogP contribution in [0.25, 0.3) is 0 Å². The van der Waals surface area contributed by atoms with Crippen molar-refractivity contribution in [2.45, 2.75) is 12.8 Å². The molecule has 0 amide bonds. The smallest absolute Gasteiger partial charge is 0.212 e. The van der Waals surface area contributed by atoms with Crippen molar-refractivity contribution >= 4 is 10.0 Å². The predicted molar refractivity (Wildman–Crippen MR) is 56.5 cm³/mol. The largest absolute Gasteiger partial charge is 0.329 e. The van der Waals surface area contributed by atoms with E-state index in [2.05, 4.69) is 9.62 Å². The lowest BCUT2D eigenvalue weighted by Crippen LogP contribution is -2.36. The number of rotatable bonds is 6. The lowest BCUT2D eigenvalue weighted by molar-refractivity contribution is 0.344. The van der Waals surface area contributed by atoms with Crippen LogP contribution in [0.4, 0.5) is 0 Å². The highest BCUT2D eigenvalue weighted by atomic mass is 32.2. The first-order valence-corrected chi connectivity index (χ1v) is 6.69. The van der Waals surface area contributed by atoms with E-state index in [0.717, 1.165) is 19.6 Å². The molecule has 6 heteroatoms. The monoisotopic (exact) mass is 221 g/mol. The van der Waals surface area contributed by atoms with E-state index in [1.165, 1.54) is 12.8 Å². The molecule has 0 aromatic rings. The second kappa shape index (κ2) is 5.65. The standard InChI is InChI=1S/C8H19N3O2S/c9-3-8-14(12,13)10-4-7-11-5-1-2-6-11/h10H,1-9H2. The molecule has 0 aromatic carbocycles. The summed E-state index contributed by atoms with van der Waals surface area (Å²) in [6.45, 7) is 3.68. The zero-order valence-electron chi connectivity index (χ0n) is 8.41. The normalized spacial score (nSPS) is 18.9. The van der Waals surface area contributed by atoms with Crippen molar-refractivity contribution in [3.63, 3.8) is 0 Å². The Morgan fingerprint density at radius 3 is 2.50 bits per heavy atom. The number of likely N-dealkylation sites (tertiary alicyclic amines) is 1. The van der Waals surface area contributed by atoms with Gasteiger partial charge in [-0.2, -0.15) is 0 Å². The topological polar surface area (TPSA) is 75.4 Å². The molecule has 0 bridgehead atoms. The first-order chi connectivity index (χ1) is 6.64. The van der Waals surface area contributed by atoms with E-state index in [1.807, 2.05) is 0 Å². The number of nitrogens with two attached hydrogens (primary N) is 1. The minimum atomic E-state index is -3.13. The second-order valence-corrected chi connectivity index (χ2v) is 5.48. The summed E-state index contributed by atoms with van der Waals surface area (Å²) in [6, 6.07) is 0. The average molecular weight is 221 g/mol. The number of nitrogens with zero attached hydrogens (tertiary/aromatic N) is 1. The van der Waals surface area contributed by atoms with Crippen LogP contribution in [0.1, 0.15) is 12.8 Å². The molecule has 0 aliphatic carbocycles. The van der Waals surface area contributed by atoms with E-state index in [1.54, 1.807) is 0 Å². The molecule has 1 aliphatic heterocycles. The third-order valence-electron chi connectivity index (χ3n) is 2.34. The Bertz CT molecular complexity index is 247. The van der Waals surface area contributed by atoms with Gasteiger partial charge in [0.15, 0.2) is 0 Å². The van der Waals surface area contributed by atoms with Gasteiger partial charge >= 0.3 is 0 Å². The Morgan fingerprint density at radius 1 is 1.29 bits per heavy atom. The van der Waals surface area contributed by atoms with Gasteiger partial charge in [0.2, 0.25) is 10.0 Å². The van der Waals surface area contributed by atoms with Crippen molar-refractivity contribution < 1.29 is 8.42 Å². The fraction of sp³-hybridized carbons (Fsp3) is 1.00. The van der Waals surface area contributed by atoms with Crippen molar-refractivity contribution in [3.8, 4) is 0 Å². The van der Waals surface area contributed by atoms with Crippen LogP contribution in [0.2, 0.25) is 0 Å². The molecule has 0 radical (unpaired) electrons. The van der Waals surface area contributed by atoms with E-state index < -0.39 is 10.0 Å². The van der Waals surface area contributed by atoms with Gasteiger partial charge < -0.3 is 10.6 Å². The molecule has 0 unspecified atom stereocenters. The summed E-state index contributed by atoms with van der Waals surface area (Å²) in [4.78, 5) is 2.27. The van der Waals surface area contributed by atoms with Gasteiger partial charge in [-0.05, 0) is 25.9 Å². The molecular formula is C8H19N3O2S. The maximum atomic E-state index is 11.2. The van der Waals surface area contributed by atoms with Gasteiger partial charge in [-0.1, -0.05) is 0 Å². The van der Waals surface area contributed by atoms with Crippen molar-refractivity contribution in [1.29, 1.82) is 0 Å². The van der Waals surface area contributed by atoms with Gasteiger partial charge in [-0.25, -0.2) is 13.1 Å². The lowest BCUT2D eigenvalue weighted by Gasteiger charge is -2.14. The Balaban J connectivity index is 2.13. The Hall–Kier alpha value is -0.170. The molecule has 1 fully saturated rings. The molecule has 1 aliphatic rings. The predicted octanol–water partition coefficient (Wildman–Crippen LogP) is -1.04. The Labute approximate surface area is 85.7 Å². The molecule has 84 valence electrons. The Kier molecular flexibility index (Phi) is 4.80. The van der Waals surface area contributed by atoms with E-state index in [-0.39, 0.29) is 12.3 Å². The van der Waals surface area contributed by atoms with Gasteiger partial charge in [-0.3, -0.25) is 0 Å². The minimum Gasteiger partial charge on any atom is -0.329 e. The Morgan fingerprint density at radius 2 is 1.93 bits per heavy atom. The van der Waals surface area contributed by atoms with Crippen LogP contribution in [0.3, 0.4) is 0 Å². The van der Waals surface area contributed by atoms with Crippen molar-refractivity contribution in [3.05, 3.63) is 0 Å². The zero-order chi connectivity index (χ0) is 10.4. The summed E-state index contributed by atoms with van der Waals surface area (Å²) in [5.74, 6) is 0.0208. The molecule has 1 heterocycles. The highest BCUT2D eigenvalue weighted by Crippen LogP contribution is 2.05. The maximum Gasteiger partial charge on any atom is 0.212 e. The highest BCUT2D eigenvalue weighted by Gasteiger charge is 2.12. The molecule has 5 nitrogen and oxygen atoms in total. The fourth-order valence-electron chi connectivity index (χ4n) is 1.59. The zero-order valence-corrected chi connectivity index (χ0v) is 9.22. The van der Waals surface area contributed by atoms with Crippen LogP contribution in [0.15, 0.2) is 0 Å². The summed E-state index contributed by atoms with van der Waals surface area (Å²) >= 11 is 0. The van der Waals surface area contributed by atoms with Crippen LogP contribution in [0.5, 0.6) is 0 Å². The van der Waals surface area contributed by atoms with E-state index >= 15 is 0 Å². The van der Waals surface area contributed by atoms with Crippen LogP contribution >= 0.6 is 0 Å². The number of sulfonamides is 1. The first kappa shape index (κ1) is 11.9. The molecule has 0 atom stereocenters. The van der Waals surface area contributed by atoms with Crippen LogP contribution in [0, 0.1) is 0 Å². The molecule has 1 saturated heterocycles.